The molecule has 0 aromatic heterocycles. The smallest absolute Gasteiger partial charge is 0.872 e. The number of rotatable bonds is 8. The maximum atomic E-state index is 12.2. The van der Waals surface area contributed by atoms with E-state index in [9.17, 15) is 27.0 Å². The topological polar surface area (TPSA) is 146 Å². The van der Waals surface area contributed by atoms with Gasteiger partial charge in [-0.15, -0.1) is 0 Å². The first-order chi connectivity index (χ1) is 19.0. The Labute approximate surface area is 250 Å². The van der Waals surface area contributed by atoms with E-state index in [1.54, 1.807) is 72.8 Å². The molecule has 0 aliphatic heterocycles. The summed E-state index contributed by atoms with van der Waals surface area (Å²) >= 11 is 0. The van der Waals surface area contributed by atoms with Gasteiger partial charge in [0.2, 0.25) is 0 Å². The molecule has 217 valence electrons. The molecule has 10 nitrogen and oxygen atoms in total. The molecule has 0 saturated heterocycles. The van der Waals surface area contributed by atoms with Crippen molar-refractivity contribution in [2.24, 2.45) is 10.2 Å². The molecule has 0 aliphatic carbocycles. The molecular weight excluding hydrogens is 616 g/mol. The van der Waals surface area contributed by atoms with Crippen LogP contribution in [0, 0.1) is 0 Å². The Balaban J connectivity index is 0.000000280. The summed E-state index contributed by atoms with van der Waals surface area (Å²) in [7, 11) is -4.73. The molecule has 0 aliphatic rings. The van der Waals surface area contributed by atoms with E-state index in [1.165, 1.54) is 62.9 Å². The van der Waals surface area contributed by atoms with Gasteiger partial charge in [0.25, 0.3) is 20.0 Å². The number of nitrogens with zero attached hydrogens (tertiary/aromatic N) is 4. The van der Waals surface area contributed by atoms with Gasteiger partial charge >= 0.3 is 17.1 Å². The van der Waals surface area contributed by atoms with Crippen LogP contribution in [0.2, 0.25) is 0 Å². The Bertz CT molecular complexity index is 1560. The van der Waals surface area contributed by atoms with Crippen LogP contribution in [-0.4, -0.2) is 52.2 Å². The third-order valence-electron chi connectivity index (χ3n) is 5.33. The van der Waals surface area contributed by atoms with E-state index in [0.717, 1.165) is 8.83 Å². The maximum Gasteiger partial charge on any atom is 2.00 e. The first-order valence-electron chi connectivity index (χ1n) is 11.7. The second-order valence-corrected chi connectivity index (χ2v) is 12.0. The Kier molecular flexibility index (Phi) is 12.1. The van der Waals surface area contributed by atoms with Gasteiger partial charge in [-0.25, -0.2) is 0 Å². The van der Waals surface area contributed by atoms with Crippen LogP contribution in [-0.2, 0) is 37.1 Å². The zero-order chi connectivity index (χ0) is 29.2. The van der Waals surface area contributed by atoms with E-state index in [0.29, 0.717) is 11.1 Å². The molecule has 0 N–H and O–H groups in total. The summed E-state index contributed by atoms with van der Waals surface area (Å²) in [5.41, 5.74) is 0.672. The number of sulfonamides is 2. The van der Waals surface area contributed by atoms with E-state index < -0.39 is 20.0 Å². The SMILES string of the molecule is CN(/N=C/c1ccccc1[O-])S(=O)(=O)c1ccccc1.CN(/N=C/c1ccccc1[O-])S(=O)(=O)c1ccccc1.[Cu+2]. The summed E-state index contributed by atoms with van der Waals surface area (Å²) in [4.78, 5) is 0.296. The van der Waals surface area contributed by atoms with Gasteiger partial charge < -0.3 is 10.2 Å². The van der Waals surface area contributed by atoms with Gasteiger partial charge in [0.15, 0.2) is 0 Å². The van der Waals surface area contributed by atoms with Gasteiger partial charge in [-0.2, -0.15) is 35.9 Å². The largest absolute Gasteiger partial charge is 2.00 e. The number of hydrogen-bond donors (Lipinski definition) is 0. The van der Waals surface area contributed by atoms with Crippen molar-refractivity contribution >= 4 is 32.5 Å². The second kappa shape index (κ2) is 15.0. The Hall–Kier alpha value is -4.16. The number of para-hydroxylation sites is 2. The zero-order valence-corrected chi connectivity index (χ0v) is 24.5. The summed E-state index contributed by atoms with van der Waals surface area (Å²) in [6, 6.07) is 28.5. The van der Waals surface area contributed by atoms with Crippen molar-refractivity contribution in [1.29, 1.82) is 0 Å². The van der Waals surface area contributed by atoms with Crippen molar-refractivity contribution in [3.05, 3.63) is 120 Å². The van der Waals surface area contributed by atoms with Crippen LogP contribution in [0.5, 0.6) is 11.5 Å². The van der Waals surface area contributed by atoms with E-state index >= 15 is 0 Å². The second-order valence-electron chi connectivity index (χ2n) is 8.07. The van der Waals surface area contributed by atoms with E-state index in [4.69, 9.17) is 0 Å². The zero-order valence-electron chi connectivity index (χ0n) is 21.9. The Morgan fingerprint density at radius 2 is 0.829 bits per heavy atom. The third kappa shape index (κ3) is 8.92. The molecule has 41 heavy (non-hydrogen) atoms. The van der Waals surface area contributed by atoms with E-state index in [-0.39, 0.29) is 38.4 Å². The van der Waals surface area contributed by atoms with Crippen molar-refractivity contribution in [2.75, 3.05) is 14.1 Å². The average molecular weight is 642 g/mol. The average Bonchev–Trinajstić information content (AvgIpc) is 2.97. The minimum atomic E-state index is -3.69. The van der Waals surface area contributed by atoms with Crippen molar-refractivity contribution < 1.29 is 44.1 Å². The fourth-order valence-electron chi connectivity index (χ4n) is 3.08. The molecule has 1 radical (unpaired) electrons. The van der Waals surface area contributed by atoms with E-state index in [2.05, 4.69) is 10.2 Å². The van der Waals surface area contributed by atoms with Crippen LogP contribution in [0.15, 0.2) is 129 Å². The van der Waals surface area contributed by atoms with Crippen molar-refractivity contribution in [3.8, 4) is 11.5 Å². The molecule has 0 atom stereocenters. The molecule has 0 bridgehead atoms. The molecule has 0 spiro atoms. The van der Waals surface area contributed by atoms with Crippen molar-refractivity contribution in [3.63, 3.8) is 0 Å². The van der Waals surface area contributed by atoms with Crippen LogP contribution in [0.25, 0.3) is 0 Å². The standard InChI is InChI=1S/2C14H14N2O3S.Cu/c2*1-16(15-11-12-7-5-6-10-14(12)17)20(18,19)13-8-3-2-4-9-13;/h2*2-11,17H,1H3;/q;;+2/p-2/b2*15-11+;. The summed E-state index contributed by atoms with van der Waals surface area (Å²) in [5.74, 6) is -0.413. The number of hydrazone groups is 2. The first kappa shape index (κ1) is 33.0. The molecule has 0 fully saturated rings. The normalized spacial score (nSPS) is 11.4. The van der Waals surface area contributed by atoms with Crippen LogP contribution in [0.3, 0.4) is 0 Å². The minimum absolute atomic E-state index is 0. The van der Waals surface area contributed by atoms with Gasteiger partial charge in [-0.3, -0.25) is 0 Å². The Morgan fingerprint density at radius 3 is 1.15 bits per heavy atom. The molecule has 0 amide bonds. The molecule has 4 aromatic carbocycles. The van der Waals surface area contributed by atoms with Crippen LogP contribution in [0.1, 0.15) is 11.1 Å². The van der Waals surface area contributed by atoms with Gasteiger partial charge in [-0.1, -0.05) is 96.4 Å². The van der Waals surface area contributed by atoms with Crippen molar-refractivity contribution in [1.82, 2.24) is 8.83 Å². The third-order valence-corrected chi connectivity index (χ3v) is 8.65. The van der Waals surface area contributed by atoms with Gasteiger partial charge in [-0.05, 0) is 35.4 Å². The first-order valence-corrected chi connectivity index (χ1v) is 14.6. The molecule has 0 unspecified atom stereocenters. The van der Waals surface area contributed by atoms with Crippen LogP contribution < -0.4 is 10.2 Å². The maximum absolute atomic E-state index is 12.2. The molecule has 13 heteroatoms. The monoisotopic (exact) mass is 641 g/mol. The molecule has 4 aromatic rings. The van der Waals surface area contributed by atoms with Gasteiger partial charge in [0.05, 0.1) is 22.2 Å². The Morgan fingerprint density at radius 1 is 0.537 bits per heavy atom. The summed E-state index contributed by atoms with van der Waals surface area (Å²) in [6.07, 6.45) is 2.48. The fraction of sp³-hybridized carbons (Fsp3) is 0.0714. The predicted octanol–water partition coefficient (Wildman–Crippen LogP) is 2.83. The summed E-state index contributed by atoms with van der Waals surface area (Å²) in [6.45, 7) is 0. The molecule has 4 rings (SSSR count). The molecular formula is C28H26CuN4O6S2. The number of benzene rings is 4. The quantitative estimate of drug-likeness (QED) is 0.164. The van der Waals surface area contributed by atoms with Crippen molar-refractivity contribution in [2.45, 2.75) is 9.79 Å². The van der Waals surface area contributed by atoms with Gasteiger partial charge in [0, 0.05) is 14.1 Å². The van der Waals surface area contributed by atoms with Gasteiger partial charge in [0.1, 0.15) is 0 Å². The minimum Gasteiger partial charge on any atom is -0.872 e. The van der Waals surface area contributed by atoms with Crippen LogP contribution in [0.4, 0.5) is 0 Å². The predicted molar refractivity (Wildman–Crippen MR) is 150 cm³/mol. The van der Waals surface area contributed by atoms with Crippen LogP contribution >= 0.6 is 0 Å². The summed E-state index contributed by atoms with van der Waals surface area (Å²) in [5, 5.41) is 30.6. The fourth-order valence-corrected chi connectivity index (χ4v) is 5.03. The van der Waals surface area contributed by atoms with E-state index in [1.807, 2.05) is 0 Å². The number of hydrogen-bond acceptors (Lipinski definition) is 8. The molecule has 0 heterocycles. The molecule has 0 saturated carbocycles. The summed E-state index contributed by atoms with van der Waals surface area (Å²) < 4.78 is 50.4.